The van der Waals surface area contributed by atoms with Crippen molar-refractivity contribution >= 4 is 12.0 Å². The molecule has 0 radical (unpaired) electrons. The van der Waals surface area contributed by atoms with Gasteiger partial charge in [-0.1, -0.05) is 47.7 Å². The normalized spacial score (nSPS) is 14.4. The van der Waals surface area contributed by atoms with Crippen LogP contribution in [-0.4, -0.2) is 44.1 Å². The van der Waals surface area contributed by atoms with Gasteiger partial charge >= 0.3 is 0 Å². The molecule has 0 aliphatic carbocycles. The summed E-state index contributed by atoms with van der Waals surface area (Å²) in [4.78, 5) is 13.6. The second kappa shape index (κ2) is 9.47. The fourth-order valence-corrected chi connectivity index (χ4v) is 3.68. The van der Waals surface area contributed by atoms with E-state index in [9.17, 15) is 4.79 Å². The third-order valence-electron chi connectivity index (χ3n) is 5.23. The zero-order chi connectivity index (χ0) is 20.8. The second-order valence-electron chi connectivity index (χ2n) is 7.54. The molecule has 1 aromatic heterocycles. The molecule has 0 spiro atoms. The molecule has 2 N–H and O–H groups in total. The van der Waals surface area contributed by atoms with Crippen molar-refractivity contribution in [1.82, 2.24) is 25.4 Å². The van der Waals surface area contributed by atoms with E-state index in [1.54, 1.807) is 16.2 Å². The number of nitrogens with zero attached hydrogens (tertiary/aromatic N) is 4. The van der Waals surface area contributed by atoms with E-state index in [1.165, 1.54) is 37.6 Å². The summed E-state index contributed by atoms with van der Waals surface area (Å²) in [5.74, 6) is -0.562. The van der Waals surface area contributed by atoms with Gasteiger partial charge in [0.2, 0.25) is 0 Å². The van der Waals surface area contributed by atoms with Crippen LogP contribution in [0.4, 0.5) is 0 Å². The number of hydrogen-bond acceptors (Lipinski definition) is 5. The van der Waals surface area contributed by atoms with Crippen LogP contribution in [0.25, 0.3) is 17.3 Å². The Kier molecular flexibility index (Phi) is 6.32. The van der Waals surface area contributed by atoms with Crippen molar-refractivity contribution in [1.29, 1.82) is 0 Å². The summed E-state index contributed by atoms with van der Waals surface area (Å²) in [6.45, 7) is 3.98. The Morgan fingerprint density at radius 3 is 2.63 bits per heavy atom. The van der Waals surface area contributed by atoms with E-state index in [0.717, 1.165) is 28.9 Å². The molecule has 1 aliphatic rings. The quantitative estimate of drug-likeness (QED) is 0.360. The van der Waals surface area contributed by atoms with Gasteiger partial charge in [-0.25, -0.2) is 10.2 Å². The molecule has 2 aromatic carbocycles. The third-order valence-corrected chi connectivity index (χ3v) is 5.23. The van der Waals surface area contributed by atoms with Crippen molar-refractivity contribution < 1.29 is 10.0 Å². The van der Waals surface area contributed by atoms with Gasteiger partial charge in [0.05, 0.1) is 12.7 Å². The summed E-state index contributed by atoms with van der Waals surface area (Å²) >= 11 is 0. The lowest BCUT2D eigenvalue weighted by Gasteiger charge is -2.14. The molecule has 1 amide bonds. The van der Waals surface area contributed by atoms with Gasteiger partial charge in [0.15, 0.2) is 0 Å². The summed E-state index contributed by atoms with van der Waals surface area (Å²) in [5.41, 5.74) is 6.71. The zero-order valence-electron chi connectivity index (χ0n) is 16.7. The minimum Gasteiger partial charge on any atom is -0.299 e. The Labute approximate surface area is 175 Å². The number of aromatic nitrogens is 3. The van der Waals surface area contributed by atoms with E-state index < -0.39 is 5.91 Å². The molecule has 7 nitrogen and oxygen atoms in total. The highest BCUT2D eigenvalue weighted by atomic mass is 16.5. The number of nitrogens with one attached hydrogen (secondary N) is 1. The van der Waals surface area contributed by atoms with Crippen molar-refractivity contribution in [2.75, 3.05) is 13.1 Å². The Bertz CT molecular complexity index is 1020. The van der Waals surface area contributed by atoms with E-state index in [1.807, 2.05) is 30.5 Å². The van der Waals surface area contributed by atoms with E-state index in [-0.39, 0.29) is 0 Å². The van der Waals surface area contributed by atoms with E-state index in [0.29, 0.717) is 6.54 Å². The molecule has 1 saturated heterocycles. The molecule has 0 saturated carbocycles. The first-order valence-electron chi connectivity index (χ1n) is 10.1. The van der Waals surface area contributed by atoms with E-state index in [2.05, 4.69) is 39.5 Å². The number of rotatable bonds is 7. The largest absolute Gasteiger partial charge is 0.299 e. The number of amides is 1. The van der Waals surface area contributed by atoms with Gasteiger partial charge in [-0.3, -0.25) is 14.9 Å². The first-order valence-corrected chi connectivity index (χ1v) is 10.1. The van der Waals surface area contributed by atoms with Crippen LogP contribution >= 0.6 is 0 Å². The minimum absolute atomic E-state index is 0.562. The van der Waals surface area contributed by atoms with Crippen LogP contribution in [0.5, 0.6) is 0 Å². The van der Waals surface area contributed by atoms with E-state index >= 15 is 0 Å². The molecule has 0 atom stereocenters. The molecule has 3 aromatic rings. The molecule has 0 bridgehead atoms. The van der Waals surface area contributed by atoms with Gasteiger partial charge in [-0.2, -0.15) is 0 Å². The molecule has 0 unspecified atom stereocenters. The summed E-state index contributed by atoms with van der Waals surface area (Å²) in [5, 5.41) is 17.1. The standard InChI is InChI=1S/C23H25N5O2/c29-23(25-30)11-8-18-4-3-5-20(14-18)16-28-17-22(24-26-28)21-9-6-19(7-10-21)15-27-12-1-2-13-27/h3-11,14,17,30H,1-2,12-13,15-16H2,(H,25,29). The van der Waals surface area contributed by atoms with Crippen molar-refractivity contribution in [3.63, 3.8) is 0 Å². The summed E-state index contributed by atoms with van der Waals surface area (Å²) in [6, 6.07) is 16.3. The van der Waals surface area contributed by atoms with Crippen molar-refractivity contribution in [2.24, 2.45) is 0 Å². The van der Waals surface area contributed by atoms with Crippen LogP contribution in [-0.2, 0) is 17.9 Å². The van der Waals surface area contributed by atoms with Gasteiger partial charge in [-0.05, 0) is 54.8 Å². The third kappa shape index (κ3) is 5.20. The minimum atomic E-state index is -0.562. The first kappa shape index (κ1) is 20.0. The summed E-state index contributed by atoms with van der Waals surface area (Å²) < 4.78 is 1.80. The van der Waals surface area contributed by atoms with Gasteiger partial charge in [0.1, 0.15) is 5.69 Å². The highest BCUT2D eigenvalue weighted by Gasteiger charge is 2.12. The molecule has 2 heterocycles. The fourth-order valence-electron chi connectivity index (χ4n) is 3.68. The lowest BCUT2D eigenvalue weighted by Crippen LogP contribution is -2.18. The van der Waals surface area contributed by atoms with Crippen molar-refractivity contribution in [3.8, 4) is 11.3 Å². The molecule has 7 heteroatoms. The van der Waals surface area contributed by atoms with Crippen LogP contribution in [0.3, 0.4) is 0 Å². The van der Waals surface area contributed by atoms with Crippen LogP contribution in [0.15, 0.2) is 60.8 Å². The molecular formula is C23H25N5O2. The van der Waals surface area contributed by atoms with E-state index in [4.69, 9.17) is 5.21 Å². The maximum Gasteiger partial charge on any atom is 0.267 e. The number of carbonyl (C=O) groups excluding carboxylic acids is 1. The number of benzene rings is 2. The maximum atomic E-state index is 11.1. The van der Waals surface area contributed by atoms with Crippen LogP contribution < -0.4 is 5.48 Å². The number of carbonyl (C=O) groups is 1. The molecule has 1 aliphatic heterocycles. The predicted octanol–water partition coefficient (Wildman–Crippen LogP) is 3.11. The lowest BCUT2D eigenvalue weighted by molar-refractivity contribution is -0.124. The summed E-state index contributed by atoms with van der Waals surface area (Å²) in [7, 11) is 0. The first-order chi connectivity index (χ1) is 14.7. The number of hydroxylamine groups is 1. The molecule has 30 heavy (non-hydrogen) atoms. The van der Waals surface area contributed by atoms with Crippen LogP contribution in [0.2, 0.25) is 0 Å². The average molecular weight is 403 g/mol. The SMILES string of the molecule is O=C(C=Cc1cccc(Cn2cc(-c3ccc(CN4CCCC4)cc3)nn2)c1)NO. The second-order valence-corrected chi connectivity index (χ2v) is 7.54. The molecule has 1 fully saturated rings. The highest BCUT2D eigenvalue weighted by molar-refractivity contribution is 5.90. The smallest absolute Gasteiger partial charge is 0.267 e. The Morgan fingerprint density at radius 2 is 1.87 bits per heavy atom. The van der Waals surface area contributed by atoms with Gasteiger partial charge in [-0.15, -0.1) is 5.10 Å². The van der Waals surface area contributed by atoms with Gasteiger partial charge in [0, 0.05) is 18.2 Å². The Balaban J connectivity index is 1.40. The van der Waals surface area contributed by atoms with Crippen molar-refractivity contribution in [2.45, 2.75) is 25.9 Å². The maximum absolute atomic E-state index is 11.1. The lowest BCUT2D eigenvalue weighted by atomic mass is 10.1. The topological polar surface area (TPSA) is 83.3 Å². The fraction of sp³-hybridized carbons (Fsp3) is 0.261. The molecular weight excluding hydrogens is 378 g/mol. The predicted molar refractivity (Wildman–Crippen MR) is 114 cm³/mol. The van der Waals surface area contributed by atoms with Crippen molar-refractivity contribution in [3.05, 3.63) is 77.5 Å². The summed E-state index contributed by atoms with van der Waals surface area (Å²) in [6.07, 6.45) is 7.47. The van der Waals surface area contributed by atoms with Gasteiger partial charge in [0.25, 0.3) is 5.91 Å². The molecule has 154 valence electrons. The monoisotopic (exact) mass is 403 g/mol. The average Bonchev–Trinajstić information content (AvgIpc) is 3.45. The Morgan fingerprint density at radius 1 is 1.07 bits per heavy atom. The zero-order valence-corrected chi connectivity index (χ0v) is 16.7. The van der Waals surface area contributed by atoms with Crippen LogP contribution in [0.1, 0.15) is 29.5 Å². The Hall–Kier alpha value is -3.29. The number of hydrogen-bond donors (Lipinski definition) is 2. The highest BCUT2D eigenvalue weighted by Crippen LogP contribution is 2.19. The van der Waals surface area contributed by atoms with Crippen LogP contribution in [0, 0.1) is 0 Å². The number of likely N-dealkylation sites (tertiary alicyclic amines) is 1. The molecule has 4 rings (SSSR count). The van der Waals surface area contributed by atoms with Gasteiger partial charge < -0.3 is 0 Å².